The van der Waals surface area contributed by atoms with E-state index in [2.05, 4.69) is 5.32 Å². The van der Waals surface area contributed by atoms with Crippen molar-refractivity contribution < 1.29 is 24.6 Å². The van der Waals surface area contributed by atoms with Gasteiger partial charge in [0.05, 0.1) is 6.61 Å². The molecule has 2 aromatic rings. The lowest BCUT2D eigenvalue weighted by Crippen LogP contribution is -2.40. The zero-order valence-corrected chi connectivity index (χ0v) is 19.8. The molecule has 0 aliphatic carbocycles. The second kappa shape index (κ2) is 10.4. The number of nitrogens with one attached hydrogen (secondary N) is 1. The molecule has 184 valence electrons. The van der Waals surface area contributed by atoms with Gasteiger partial charge < -0.3 is 25.3 Å². The number of benzene rings is 2. The normalized spacial score (nSPS) is 20.3. The van der Waals surface area contributed by atoms with Crippen molar-refractivity contribution >= 4 is 29.1 Å². The van der Waals surface area contributed by atoms with Gasteiger partial charge in [0.2, 0.25) is 11.8 Å². The van der Waals surface area contributed by atoms with E-state index in [0.717, 1.165) is 12.0 Å². The highest BCUT2D eigenvalue weighted by molar-refractivity contribution is 6.06. The van der Waals surface area contributed by atoms with Crippen molar-refractivity contribution in [2.45, 2.75) is 38.3 Å². The minimum absolute atomic E-state index is 0.0279. The van der Waals surface area contributed by atoms with Gasteiger partial charge in [-0.3, -0.25) is 14.4 Å². The monoisotopic (exact) mass is 477 g/mol. The summed E-state index contributed by atoms with van der Waals surface area (Å²) in [6.07, 6.45) is 4.66. The van der Waals surface area contributed by atoms with Crippen molar-refractivity contribution in [3.63, 3.8) is 0 Å². The van der Waals surface area contributed by atoms with Crippen LogP contribution in [0, 0.1) is 5.92 Å². The van der Waals surface area contributed by atoms with E-state index in [4.69, 9.17) is 0 Å². The molecule has 3 amide bonds. The molecule has 2 atom stereocenters. The van der Waals surface area contributed by atoms with Gasteiger partial charge in [-0.1, -0.05) is 49.4 Å². The minimum atomic E-state index is -1.82. The third-order valence-electron chi connectivity index (χ3n) is 6.71. The molecule has 3 N–H and O–H groups in total. The summed E-state index contributed by atoms with van der Waals surface area (Å²) >= 11 is 0. The molecule has 0 aromatic heterocycles. The molecule has 0 unspecified atom stereocenters. The fourth-order valence-corrected chi connectivity index (χ4v) is 4.70. The van der Waals surface area contributed by atoms with Gasteiger partial charge in [-0.05, 0) is 30.2 Å². The molecule has 8 nitrogen and oxygen atoms in total. The van der Waals surface area contributed by atoms with Crippen LogP contribution in [0.2, 0.25) is 0 Å². The van der Waals surface area contributed by atoms with E-state index in [1.54, 1.807) is 47.1 Å². The zero-order valence-electron chi connectivity index (χ0n) is 19.8. The zero-order chi connectivity index (χ0) is 25.0. The van der Waals surface area contributed by atoms with Crippen molar-refractivity contribution in [3.05, 3.63) is 71.8 Å². The van der Waals surface area contributed by atoms with Crippen molar-refractivity contribution in [1.29, 1.82) is 0 Å². The van der Waals surface area contributed by atoms with Crippen LogP contribution in [0.1, 0.15) is 37.3 Å². The number of nitrogens with zero attached hydrogens (tertiary/aromatic N) is 2. The molecular weight excluding hydrogens is 446 g/mol. The number of amides is 3. The first kappa shape index (κ1) is 24.6. The maximum absolute atomic E-state index is 12.8. The second-order valence-electron chi connectivity index (χ2n) is 9.04. The van der Waals surface area contributed by atoms with E-state index in [0.29, 0.717) is 36.4 Å². The van der Waals surface area contributed by atoms with Crippen molar-refractivity contribution in [2.24, 2.45) is 5.92 Å². The number of hydrogen-bond acceptors (Lipinski definition) is 5. The number of fused-ring (bicyclic) bond motifs is 1. The number of aliphatic hydroxyl groups is 2. The number of carbonyl (C=O) groups is 3. The highest BCUT2D eigenvalue weighted by atomic mass is 16.3. The average molecular weight is 478 g/mol. The lowest BCUT2D eigenvalue weighted by molar-refractivity contribution is -0.137. The highest BCUT2D eigenvalue weighted by Gasteiger charge is 2.49. The third kappa shape index (κ3) is 4.99. The highest BCUT2D eigenvalue weighted by Crippen LogP contribution is 2.43. The molecule has 4 rings (SSSR count). The Morgan fingerprint density at radius 2 is 2.00 bits per heavy atom. The molecule has 35 heavy (non-hydrogen) atoms. The van der Waals surface area contributed by atoms with Gasteiger partial charge in [0.15, 0.2) is 5.60 Å². The molecule has 8 heteroatoms. The van der Waals surface area contributed by atoms with Crippen LogP contribution in [0.3, 0.4) is 0 Å². The third-order valence-corrected chi connectivity index (χ3v) is 6.71. The van der Waals surface area contributed by atoms with E-state index in [-0.39, 0.29) is 31.4 Å². The lowest BCUT2D eigenvalue weighted by atomic mass is 9.82. The largest absolute Gasteiger partial charge is 0.395 e. The van der Waals surface area contributed by atoms with Crippen LogP contribution in [0.15, 0.2) is 60.7 Å². The Morgan fingerprint density at radius 1 is 1.23 bits per heavy atom. The molecular formula is C27H31N3O5. The Hall–Kier alpha value is -3.49. The molecule has 1 saturated heterocycles. The van der Waals surface area contributed by atoms with E-state index in [1.807, 2.05) is 30.3 Å². The summed E-state index contributed by atoms with van der Waals surface area (Å²) in [5.41, 5.74) is 0.749. The van der Waals surface area contributed by atoms with Gasteiger partial charge in [0.1, 0.15) is 0 Å². The molecule has 2 heterocycles. The first-order chi connectivity index (χ1) is 16.8. The summed E-state index contributed by atoms with van der Waals surface area (Å²) in [7, 11) is 0. The molecule has 2 aromatic carbocycles. The van der Waals surface area contributed by atoms with Gasteiger partial charge in [-0.25, -0.2) is 0 Å². The van der Waals surface area contributed by atoms with E-state index < -0.39 is 17.4 Å². The van der Waals surface area contributed by atoms with Gasteiger partial charge >= 0.3 is 0 Å². The van der Waals surface area contributed by atoms with Crippen LogP contribution in [0.5, 0.6) is 0 Å². The van der Waals surface area contributed by atoms with Crippen LogP contribution in [-0.4, -0.2) is 52.5 Å². The fraction of sp³-hybridized carbons (Fsp3) is 0.370. The molecule has 2 aliphatic heterocycles. The maximum atomic E-state index is 12.8. The Kier molecular flexibility index (Phi) is 7.33. The van der Waals surface area contributed by atoms with Crippen LogP contribution >= 0.6 is 0 Å². The van der Waals surface area contributed by atoms with Crippen LogP contribution < -0.4 is 10.2 Å². The summed E-state index contributed by atoms with van der Waals surface area (Å²) in [6.45, 7) is 2.80. The predicted molar refractivity (Wildman–Crippen MR) is 132 cm³/mol. The molecule has 0 saturated carbocycles. The summed E-state index contributed by atoms with van der Waals surface area (Å²) < 4.78 is 0. The Morgan fingerprint density at radius 3 is 2.69 bits per heavy atom. The van der Waals surface area contributed by atoms with Crippen molar-refractivity contribution in [2.75, 3.05) is 29.9 Å². The lowest BCUT2D eigenvalue weighted by Gasteiger charge is -2.27. The van der Waals surface area contributed by atoms with Crippen LogP contribution in [0.25, 0.3) is 0 Å². The van der Waals surface area contributed by atoms with Gasteiger partial charge in [-0.15, -0.1) is 0 Å². The van der Waals surface area contributed by atoms with Gasteiger partial charge in [0, 0.05) is 55.3 Å². The molecule has 0 bridgehead atoms. The van der Waals surface area contributed by atoms with Gasteiger partial charge in [0.25, 0.3) is 5.91 Å². The minimum Gasteiger partial charge on any atom is -0.395 e. The number of hydrogen-bond donors (Lipinski definition) is 3. The predicted octanol–water partition coefficient (Wildman–Crippen LogP) is 2.56. The first-order valence-electron chi connectivity index (χ1n) is 11.9. The second-order valence-corrected chi connectivity index (χ2v) is 9.04. The van der Waals surface area contributed by atoms with E-state index in [1.165, 1.54) is 0 Å². The van der Waals surface area contributed by atoms with E-state index >= 15 is 0 Å². The molecule has 1 fully saturated rings. The first-order valence-corrected chi connectivity index (χ1v) is 11.9. The quantitative estimate of drug-likeness (QED) is 0.481. The smallest absolute Gasteiger partial charge is 0.261 e. The number of aliphatic hydroxyl groups excluding tert-OH is 1. The topological polar surface area (TPSA) is 110 Å². The summed E-state index contributed by atoms with van der Waals surface area (Å²) in [4.78, 5) is 41.0. The SMILES string of the molecule is C[C@@H](/C=C/CC(=O)N(CCO)Cc1ccccc1)[C@]1(O)C(=O)Nc2ccc(N3CCCC3=O)cc21. The molecule has 2 aliphatic rings. The fourth-order valence-electron chi connectivity index (χ4n) is 4.70. The number of rotatable bonds is 9. The molecule has 0 radical (unpaired) electrons. The van der Waals surface area contributed by atoms with Crippen LogP contribution in [-0.2, 0) is 26.5 Å². The Balaban J connectivity index is 1.47. The van der Waals surface area contributed by atoms with Crippen LogP contribution in [0.4, 0.5) is 11.4 Å². The Bertz CT molecular complexity index is 1130. The maximum Gasteiger partial charge on any atom is 0.261 e. The summed E-state index contributed by atoms with van der Waals surface area (Å²) in [5.74, 6) is -1.29. The summed E-state index contributed by atoms with van der Waals surface area (Å²) in [6, 6.07) is 14.7. The standard InChI is InChI=1S/C27H31N3O5/c1-19(7-5-10-24(32)29(15-16-31)18-20-8-3-2-4-9-20)27(35)22-17-21(30-14-6-11-25(30)33)12-13-23(22)28-26(27)34/h2-5,7-9,12-13,17,19,31,35H,6,10-11,14-16,18H2,1H3,(H,28,34)/b7-5+/t19-,27+/m0/s1. The Labute approximate surface area is 204 Å². The average Bonchev–Trinajstić information content (AvgIpc) is 3.40. The van der Waals surface area contributed by atoms with Crippen molar-refractivity contribution in [3.8, 4) is 0 Å². The number of anilines is 2. The van der Waals surface area contributed by atoms with E-state index in [9.17, 15) is 24.6 Å². The summed E-state index contributed by atoms with van der Waals surface area (Å²) in [5, 5.41) is 23.6. The van der Waals surface area contributed by atoms with Gasteiger partial charge in [-0.2, -0.15) is 0 Å². The number of carbonyl (C=O) groups excluding carboxylic acids is 3. The molecule has 0 spiro atoms. The van der Waals surface area contributed by atoms with Crippen molar-refractivity contribution in [1.82, 2.24) is 4.90 Å².